The fraction of sp³-hybridized carbons (Fsp3) is 0.269. The second kappa shape index (κ2) is 15.4. The van der Waals surface area contributed by atoms with Crippen LogP contribution < -0.4 is 43.5 Å². The SMILES string of the molecule is CCC[n+]1cc(Br)cc(C(=O)NCCN(C(=O)OCCOc2ccccc2)c2ccccc2)c1.[I-]. The van der Waals surface area contributed by atoms with Crippen molar-refractivity contribution in [3.8, 4) is 5.75 Å². The van der Waals surface area contributed by atoms with Crippen LogP contribution in [0.4, 0.5) is 10.5 Å². The monoisotopic (exact) mass is 653 g/mol. The maximum Gasteiger partial charge on any atom is 0.414 e. The summed E-state index contributed by atoms with van der Waals surface area (Å²) in [6.07, 6.45) is 4.22. The van der Waals surface area contributed by atoms with Crippen molar-refractivity contribution < 1.29 is 47.6 Å². The molecule has 9 heteroatoms. The van der Waals surface area contributed by atoms with E-state index in [1.54, 1.807) is 6.07 Å². The number of carbonyl (C=O) groups is 2. The Kier molecular flexibility index (Phi) is 12.5. The summed E-state index contributed by atoms with van der Waals surface area (Å²) in [7, 11) is 0. The average Bonchev–Trinajstić information content (AvgIpc) is 2.85. The summed E-state index contributed by atoms with van der Waals surface area (Å²) in [5.74, 6) is 0.512. The molecular formula is C26H29BrIN3O4. The first-order valence-electron chi connectivity index (χ1n) is 11.2. The van der Waals surface area contributed by atoms with E-state index in [2.05, 4.69) is 28.2 Å². The highest BCUT2D eigenvalue weighted by molar-refractivity contribution is 9.10. The molecule has 3 aromatic rings. The summed E-state index contributed by atoms with van der Waals surface area (Å²) < 4.78 is 13.8. The number of ether oxygens (including phenoxy) is 2. The van der Waals surface area contributed by atoms with Crippen LogP contribution in [0.15, 0.2) is 83.6 Å². The van der Waals surface area contributed by atoms with Crippen LogP contribution in [-0.4, -0.2) is 38.3 Å². The minimum Gasteiger partial charge on any atom is -1.00 e. The van der Waals surface area contributed by atoms with E-state index in [1.807, 2.05) is 77.6 Å². The van der Waals surface area contributed by atoms with Gasteiger partial charge in [-0.1, -0.05) is 43.3 Å². The molecule has 0 radical (unpaired) electrons. The van der Waals surface area contributed by atoms with Crippen LogP contribution in [0, 0.1) is 0 Å². The molecule has 3 rings (SSSR count). The third-order valence-electron chi connectivity index (χ3n) is 4.86. The lowest BCUT2D eigenvalue weighted by Gasteiger charge is -2.22. The van der Waals surface area contributed by atoms with E-state index >= 15 is 0 Å². The van der Waals surface area contributed by atoms with Gasteiger partial charge in [-0.25, -0.2) is 9.36 Å². The summed E-state index contributed by atoms with van der Waals surface area (Å²) in [4.78, 5) is 27.0. The molecule has 1 N–H and O–H groups in total. The van der Waals surface area contributed by atoms with Gasteiger partial charge >= 0.3 is 6.09 Å². The summed E-state index contributed by atoms with van der Waals surface area (Å²) in [6.45, 7) is 3.79. The Morgan fingerprint density at radius 1 is 1.00 bits per heavy atom. The van der Waals surface area contributed by atoms with Gasteiger partial charge in [-0.15, -0.1) is 0 Å². The molecule has 1 heterocycles. The van der Waals surface area contributed by atoms with Crippen molar-refractivity contribution in [1.82, 2.24) is 5.32 Å². The van der Waals surface area contributed by atoms with Crippen LogP contribution >= 0.6 is 15.9 Å². The molecule has 2 amide bonds. The molecule has 0 aliphatic carbocycles. The van der Waals surface area contributed by atoms with Gasteiger partial charge in [0, 0.05) is 25.2 Å². The van der Waals surface area contributed by atoms with Gasteiger partial charge < -0.3 is 38.8 Å². The van der Waals surface area contributed by atoms with E-state index in [4.69, 9.17) is 9.47 Å². The van der Waals surface area contributed by atoms with Crippen molar-refractivity contribution in [1.29, 1.82) is 0 Å². The van der Waals surface area contributed by atoms with Crippen molar-refractivity contribution in [3.05, 3.63) is 89.2 Å². The topological polar surface area (TPSA) is 71.8 Å². The minimum absolute atomic E-state index is 0. The number of halogens is 2. The Balaban J connectivity index is 0.00000432. The number of nitrogens with zero attached hydrogens (tertiary/aromatic N) is 2. The lowest BCUT2D eigenvalue weighted by molar-refractivity contribution is -0.697. The Bertz CT molecular complexity index is 1070. The van der Waals surface area contributed by atoms with Crippen molar-refractivity contribution in [3.63, 3.8) is 0 Å². The zero-order valence-corrected chi connectivity index (χ0v) is 23.3. The van der Waals surface area contributed by atoms with Gasteiger partial charge in [0.1, 0.15) is 31.1 Å². The van der Waals surface area contributed by atoms with Crippen LogP contribution in [0.1, 0.15) is 23.7 Å². The molecule has 0 saturated heterocycles. The largest absolute Gasteiger partial charge is 1.00 e. The minimum atomic E-state index is -0.500. The predicted octanol–water partition coefficient (Wildman–Crippen LogP) is 1.60. The van der Waals surface area contributed by atoms with Crippen LogP contribution in [0.2, 0.25) is 0 Å². The molecule has 0 atom stereocenters. The van der Waals surface area contributed by atoms with Gasteiger partial charge in [0.15, 0.2) is 12.4 Å². The van der Waals surface area contributed by atoms with E-state index in [0.29, 0.717) is 17.0 Å². The van der Waals surface area contributed by atoms with E-state index in [9.17, 15) is 9.59 Å². The first kappa shape index (κ1) is 28.6. The average molecular weight is 654 g/mol. The van der Waals surface area contributed by atoms with Crippen LogP contribution in [0.25, 0.3) is 0 Å². The molecule has 0 aliphatic rings. The number of rotatable bonds is 11. The third kappa shape index (κ3) is 9.48. The zero-order chi connectivity index (χ0) is 24.2. The molecule has 0 fully saturated rings. The molecule has 186 valence electrons. The van der Waals surface area contributed by atoms with E-state index < -0.39 is 6.09 Å². The first-order valence-corrected chi connectivity index (χ1v) is 12.0. The molecule has 35 heavy (non-hydrogen) atoms. The van der Waals surface area contributed by atoms with Crippen molar-refractivity contribution >= 4 is 33.6 Å². The summed E-state index contributed by atoms with van der Waals surface area (Å²) in [5, 5.41) is 2.89. The highest BCUT2D eigenvalue weighted by atomic mass is 127. The maximum atomic E-state index is 12.8. The molecule has 0 unspecified atom stereocenters. The van der Waals surface area contributed by atoms with E-state index in [-0.39, 0.29) is 56.2 Å². The lowest BCUT2D eigenvalue weighted by atomic mass is 10.2. The summed E-state index contributed by atoms with van der Waals surface area (Å²) in [6, 6.07) is 20.3. The van der Waals surface area contributed by atoms with Gasteiger partial charge in [-0.3, -0.25) is 9.69 Å². The number of amides is 2. The molecule has 0 saturated carbocycles. The fourth-order valence-corrected chi connectivity index (χ4v) is 3.82. The molecule has 7 nitrogen and oxygen atoms in total. The normalized spacial score (nSPS) is 10.1. The van der Waals surface area contributed by atoms with Gasteiger partial charge in [0.2, 0.25) is 0 Å². The van der Waals surface area contributed by atoms with Crippen molar-refractivity contribution in [2.24, 2.45) is 0 Å². The predicted molar refractivity (Wildman–Crippen MR) is 134 cm³/mol. The molecular weight excluding hydrogens is 625 g/mol. The molecule has 0 aliphatic heterocycles. The Hall–Kier alpha value is -2.66. The van der Waals surface area contributed by atoms with E-state index in [0.717, 1.165) is 17.4 Å². The number of aromatic nitrogens is 1. The first-order chi connectivity index (χ1) is 16.6. The van der Waals surface area contributed by atoms with Crippen LogP contribution in [-0.2, 0) is 11.3 Å². The second-order valence-electron chi connectivity index (χ2n) is 7.50. The fourth-order valence-electron chi connectivity index (χ4n) is 3.31. The van der Waals surface area contributed by atoms with Gasteiger partial charge in [0.25, 0.3) is 5.91 Å². The number of pyridine rings is 1. The number of hydrogen-bond donors (Lipinski definition) is 1. The third-order valence-corrected chi connectivity index (χ3v) is 5.30. The number of aryl methyl sites for hydroxylation is 1. The van der Waals surface area contributed by atoms with Gasteiger partial charge in [-0.05, 0) is 46.3 Å². The molecule has 0 spiro atoms. The lowest BCUT2D eigenvalue weighted by Crippen LogP contribution is -3.00. The standard InChI is InChI=1S/C26H28BrN3O4.HI/c1-2-14-29-19-21(18-22(27)20-29)25(31)28-13-15-30(23-9-5-3-6-10-23)26(32)34-17-16-33-24-11-7-4-8-12-24;/h3-12,18-20H,2,13-17H2,1H3;1H. The Morgan fingerprint density at radius 2 is 1.69 bits per heavy atom. The number of hydrogen-bond acceptors (Lipinski definition) is 4. The Morgan fingerprint density at radius 3 is 2.37 bits per heavy atom. The highest BCUT2D eigenvalue weighted by Crippen LogP contribution is 2.15. The number of carbonyl (C=O) groups excluding carboxylic acids is 2. The van der Waals surface area contributed by atoms with Crippen molar-refractivity contribution in [2.75, 3.05) is 31.2 Å². The Labute approximate surface area is 231 Å². The molecule has 1 aromatic heterocycles. The van der Waals surface area contributed by atoms with Crippen molar-refractivity contribution in [2.45, 2.75) is 19.9 Å². The summed E-state index contributed by atoms with van der Waals surface area (Å²) in [5.41, 5.74) is 1.24. The highest BCUT2D eigenvalue weighted by Gasteiger charge is 2.18. The molecule has 0 bridgehead atoms. The van der Waals surface area contributed by atoms with E-state index in [1.165, 1.54) is 4.90 Å². The van der Waals surface area contributed by atoms with Crippen LogP contribution in [0.3, 0.4) is 0 Å². The maximum absolute atomic E-state index is 12.8. The van der Waals surface area contributed by atoms with Gasteiger partial charge in [0.05, 0.1) is 4.47 Å². The number of benzene rings is 2. The van der Waals surface area contributed by atoms with Crippen LogP contribution in [0.5, 0.6) is 5.75 Å². The second-order valence-corrected chi connectivity index (χ2v) is 8.42. The number of para-hydroxylation sites is 2. The van der Waals surface area contributed by atoms with Gasteiger partial charge in [-0.2, -0.15) is 0 Å². The quantitative estimate of drug-likeness (QED) is 0.194. The zero-order valence-electron chi connectivity index (χ0n) is 19.5. The number of anilines is 1. The smallest absolute Gasteiger partial charge is 0.414 e. The molecule has 2 aromatic carbocycles. The summed E-state index contributed by atoms with van der Waals surface area (Å²) >= 11 is 3.46. The number of nitrogens with one attached hydrogen (secondary N) is 1.